The summed E-state index contributed by atoms with van der Waals surface area (Å²) >= 11 is 0. The number of methoxy groups -OCH3 is 1. The topological polar surface area (TPSA) is 90.6 Å². The van der Waals surface area contributed by atoms with Crippen molar-refractivity contribution in [1.29, 1.82) is 0 Å². The highest BCUT2D eigenvalue weighted by atomic mass is 16.5. The number of carbonyl (C=O) groups excluding carboxylic acids is 2. The summed E-state index contributed by atoms with van der Waals surface area (Å²) in [6.07, 6.45) is 0.318. The lowest BCUT2D eigenvalue weighted by Crippen LogP contribution is -2.51. The third-order valence-electron chi connectivity index (χ3n) is 3.61. The molecule has 0 heterocycles. The van der Waals surface area contributed by atoms with E-state index < -0.39 is 18.1 Å². The molecular weight excluding hydrogens is 320 g/mol. The number of esters is 1. The SMILES string of the molecule is COC(=O)[C@H](Cc1ccc(OC(C)(C)C)cc1)NC(=O)[C@@H](N)C(C)C. The van der Waals surface area contributed by atoms with E-state index in [4.69, 9.17) is 15.2 Å². The smallest absolute Gasteiger partial charge is 0.328 e. The number of nitrogens with two attached hydrogens (primary N) is 1. The van der Waals surface area contributed by atoms with Crippen molar-refractivity contribution in [3.05, 3.63) is 29.8 Å². The van der Waals surface area contributed by atoms with Gasteiger partial charge < -0.3 is 20.5 Å². The Bertz CT molecular complexity index is 576. The predicted octanol–water partition coefficient (Wildman–Crippen LogP) is 2.05. The maximum absolute atomic E-state index is 12.2. The largest absolute Gasteiger partial charge is 0.488 e. The Kier molecular flexibility index (Phi) is 7.42. The summed E-state index contributed by atoms with van der Waals surface area (Å²) in [5.41, 5.74) is 6.44. The summed E-state index contributed by atoms with van der Waals surface area (Å²) in [6, 6.07) is 5.97. The first kappa shape index (κ1) is 21.0. The second-order valence-corrected chi connectivity index (χ2v) is 7.42. The van der Waals surface area contributed by atoms with E-state index in [0.29, 0.717) is 6.42 Å². The standard InChI is InChI=1S/C19H30N2O4/c1-12(2)16(20)17(22)21-15(18(23)24-6)11-13-7-9-14(10-8-13)25-19(3,4)5/h7-10,12,15-16H,11,20H2,1-6H3,(H,21,22)/t15-,16-/m0/s1. The zero-order valence-electron chi connectivity index (χ0n) is 16.0. The van der Waals surface area contributed by atoms with Crippen LogP contribution in [-0.2, 0) is 20.7 Å². The molecule has 0 unspecified atom stereocenters. The fourth-order valence-electron chi connectivity index (χ4n) is 2.19. The minimum absolute atomic E-state index is 0.0212. The number of rotatable bonds is 7. The van der Waals surface area contributed by atoms with Gasteiger partial charge in [-0.1, -0.05) is 26.0 Å². The summed E-state index contributed by atoms with van der Waals surface area (Å²) in [6.45, 7) is 9.63. The molecule has 0 aliphatic carbocycles. The van der Waals surface area contributed by atoms with Crippen LogP contribution in [0.3, 0.4) is 0 Å². The van der Waals surface area contributed by atoms with Gasteiger partial charge in [-0.15, -0.1) is 0 Å². The Hall–Kier alpha value is -2.08. The first-order valence-electron chi connectivity index (χ1n) is 8.45. The van der Waals surface area contributed by atoms with Crippen LogP contribution in [0.5, 0.6) is 5.75 Å². The fraction of sp³-hybridized carbons (Fsp3) is 0.579. The molecule has 0 aromatic heterocycles. The highest BCUT2D eigenvalue weighted by Crippen LogP contribution is 2.19. The molecule has 0 spiro atoms. The Morgan fingerprint density at radius 2 is 1.72 bits per heavy atom. The lowest BCUT2D eigenvalue weighted by Gasteiger charge is -2.22. The van der Waals surface area contributed by atoms with Crippen LogP contribution >= 0.6 is 0 Å². The van der Waals surface area contributed by atoms with Crippen molar-refractivity contribution in [3.63, 3.8) is 0 Å². The third-order valence-corrected chi connectivity index (χ3v) is 3.61. The van der Waals surface area contributed by atoms with E-state index in [1.165, 1.54) is 7.11 Å². The van der Waals surface area contributed by atoms with Crippen LogP contribution in [0.4, 0.5) is 0 Å². The van der Waals surface area contributed by atoms with Gasteiger partial charge in [-0.2, -0.15) is 0 Å². The van der Waals surface area contributed by atoms with Crippen molar-refractivity contribution in [2.75, 3.05) is 7.11 Å². The highest BCUT2D eigenvalue weighted by molar-refractivity contribution is 5.87. The molecule has 1 amide bonds. The fourth-order valence-corrected chi connectivity index (χ4v) is 2.19. The van der Waals surface area contributed by atoms with Crippen molar-refractivity contribution in [2.45, 2.75) is 58.7 Å². The Labute approximate surface area is 150 Å². The zero-order chi connectivity index (χ0) is 19.2. The molecule has 2 atom stereocenters. The van der Waals surface area contributed by atoms with Gasteiger partial charge in [-0.3, -0.25) is 4.79 Å². The number of benzene rings is 1. The predicted molar refractivity (Wildman–Crippen MR) is 97.3 cm³/mol. The van der Waals surface area contributed by atoms with Crippen LogP contribution in [0.15, 0.2) is 24.3 Å². The van der Waals surface area contributed by atoms with Gasteiger partial charge in [0.25, 0.3) is 0 Å². The number of hydrogen-bond acceptors (Lipinski definition) is 5. The number of carbonyl (C=O) groups is 2. The van der Waals surface area contributed by atoms with E-state index in [9.17, 15) is 9.59 Å². The minimum atomic E-state index is -0.781. The Morgan fingerprint density at radius 1 is 1.16 bits per heavy atom. The summed E-state index contributed by atoms with van der Waals surface area (Å²) < 4.78 is 10.6. The van der Waals surface area contributed by atoms with Crippen LogP contribution < -0.4 is 15.8 Å². The van der Waals surface area contributed by atoms with Crippen LogP contribution in [0, 0.1) is 5.92 Å². The summed E-state index contributed by atoms with van der Waals surface area (Å²) in [4.78, 5) is 24.1. The van der Waals surface area contributed by atoms with Gasteiger partial charge in [0.05, 0.1) is 13.2 Å². The number of amides is 1. The van der Waals surface area contributed by atoms with Crippen molar-refractivity contribution in [2.24, 2.45) is 11.7 Å². The molecule has 1 rings (SSSR count). The maximum Gasteiger partial charge on any atom is 0.328 e. The molecule has 25 heavy (non-hydrogen) atoms. The summed E-state index contributed by atoms with van der Waals surface area (Å²) in [7, 11) is 1.30. The van der Waals surface area contributed by atoms with Crippen LogP contribution in [-0.4, -0.2) is 36.7 Å². The lowest BCUT2D eigenvalue weighted by atomic mass is 10.0. The first-order chi connectivity index (χ1) is 11.5. The van der Waals surface area contributed by atoms with Crippen LogP contribution in [0.25, 0.3) is 0 Å². The van der Waals surface area contributed by atoms with Gasteiger partial charge in [-0.25, -0.2) is 4.79 Å². The van der Waals surface area contributed by atoms with Crippen molar-refractivity contribution >= 4 is 11.9 Å². The van der Waals surface area contributed by atoms with Crippen molar-refractivity contribution in [3.8, 4) is 5.75 Å². The van der Waals surface area contributed by atoms with E-state index in [0.717, 1.165) is 11.3 Å². The van der Waals surface area contributed by atoms with Crippen LogP contribution in [0.2, 0.25) is 0 Å². The molecule has 0 saturated heterocycles. The number of ether oxygens (including phenoxy) is 2. The van der Waals surface area contributed by atoms with Gasteiger partial charge in [0.1, 0.15) is 17.4 Å². The molecule has 0 saturated carbocycles. The number of nitrogens with one attached hydrogen (secondary N) is 1. The van der Waals surface area contributed by atoms with Crippen molar-refractivity contribution in [1.82, 2.24) is 5.32 Å². The van der Waals surface area contributed by atoms with E-state index in [1.807, 2.05) is 58.9 Å². The lowest BCUT2D eigenvalue weighted by molar-refractivity contribution is -0.145. The van der Waals surface area contributed by atoms with E-state index in [2.05, 4.69) is 5.32 Å². The summed E-state index contributed by atoms with van der Waals surface area (Å²) in [5, 5.41) is 2.68. The molecule has 3 N–H and O–H groups in total. The zero-order valence-corrected chi connectivity index (χ0v) is 16.0. The molecule has 0 aliphatic rings. The molecule has 140 valence electrons. The Balaban J connectivity index is 2.82. The van der Waals surface area contributed by atoms with Gasteiger partial charge in [-0.05, 0) is 44.4 Å². The molecule has 0 aliphatic heterocycles. The van der Waals surface area contributed by atoms with E-state index in [1.54, 1.807) is 0 Å². The van der Waals surface area contributed by atoms with E-state index in [-0.39, 0.29) is 17.4 Å². The molecule has 1 aromatic rings. The molecule has 6 nitrogen and oxygen atoms in total. The quantitative estimate of drug-likeness (QED) is 0.735. The molecule has 1 aromatic carbocycles. The monoisotopic (exact) mass is 350 g/mol. The average molecular weight is 350 g/mol. The molecule has 0 fully saturated rings. The maximum atomic E-state index is 12.2. The second kappa shape index (κ2) is 8.85. The first-order valence-corrected chi connectivity index (χ1v) is 8.45. The van der Waals surface area contributed by atoms with Gasteiger partial charge >= 0.3 is 5.97 Å². The normalized spacial score (nSPS) is 13.9. The van der Waals surface area contributed by atoms with Gasteiger partial charge in [0.15, 0.2) is 0 Å². The third kappa shape index (κ3) is 7.13. The summed E-state index contributed by atoms with van der Waals surface area (Å²) in [5.74, 6) is -0.138. The Morgan fingerprint density at radius 3 is 2.16 bits per heavy atom. The average Bonchev–Trinajstić information content (AvgIpc) is 2.52. The van der Waals surface area contributed by atoms with Gasteiger partial charge in [0, 0.05) is 6.42 Å². The minimum Gasteiger partial charge on any atom is -0.488 e. The molecule has 0 bridgehead atoms. The number of hydrogen-bond donors (Lipinski definition) is 2. The highest BCUT2D eigenvalue weighted by Gasteiger charge is 2.26. The molecule has 6 heteroatoms. The van der Waals surface area contributed by atoms with Crippen molar-refractivity contribution < 1.29 is 19.1 Å². The molecular formula is C19H30N2O4. The van der Waals surface area contributed by atoms with Gasteiger partial charge in [0.2, 0.25) is 5.91 Å². The van der Waals surface area contributed by atoms with Crippen LogP contribution in [0.1, 0.15) is 40.2 Å². The molecule has 0 radical (unpaired) electrons. The second-order valence-electron chi connectivity index (χ2n) is 7.42. The van der Waals surface area contributed by atoms with E-state index >= 15 is 0 Å².